The second-order valence-corrected chi connectivity index (χ2v) is 5.42. The molecular weight excluding hydrogens is 184 g/mol. The topological polar surface area (TPSA) is 15.3 Å². The summed E-state index contributed by atoms with van der Waals surface area (Å²) in [6.45, 7) is 4.82. The minimum absolute atomic E-state index is 0.808. The Balaban J connectivity index is 1.70. The first-order valence-electron chi connectivity index (χ1n) is 6.75. The fourth-order valence-electron chi connectivity index (χ4n) is 2.84. The van der Waals surface area contributed by atoms with Crippen molar-refractivity contribution < 1.29 is 0 Å². The van der Waals surface area contributed by atoms with Crippen LogP contribution in [-0.2, 0) is 0 Å². The minimum atomic E-state index is 0.808. The lowest BCUT2D eigenvalue weighted by Gasteiger charge is -2.24. The summed E-state index contributed by atoms with van der Waals surface area (Å²) in [5, 5.41) is 3.81. The molecule has 2 heteroatoms. The lowest BCUT2D eigenvalue weighted by atomic mass is 10.1. The maximum atomic E-state index is 3.81. The van der Waals surface area contributed by atoms with Gasteiger partial charge in [0.25, 0.3) is 0 Å². The summed E-state index contributed by atoms with van der Waals surface area (Å²) in [4.78, 5) is 2.52. The molecule has 1 saturated heterocycles. The molecule has 2 nitrogen and oxygen atoms in total. The first-order valence-corrected chi connectivity index (χ1v) is 6.75. The van der Waals surface area contributed by atoms with Crippen molar-refractivity contribution in [3.05, 3.63) is 0 Å². The molecule has 1 aliphatic carbocycles. The van der Waals surface area contributed by atoms with E-state index in [9.17, 15) is 0 Å². The molecule has 15 heavy (non-hydrogen) atoms. The highest BCUT2D eigenvalue weighted by atomic mass is 15.2. The lowest BCUT2D eigenvalue weighted by molar-refractivity contribution is 0.282. The van der Waals surface area contributed by atoms with Crippen LogP contribution < -0.4 is 5.32 Å². The molecule has 0 amide bonds. The second-order valence-electron chi connectivity index (χ2n) is 5.42. The molecule has 0 aromatic carbocycles. The number of likely N-dealkylation sites (N-methyl/N-ethyl adjacent to an activating group) is 1. The van der Waals surface area contributed by atoms with E-state index in [4.69, 9.17) is 0 Å². The summed E-state index contributed by atoms with van der Waals surface area (Å²) in [5.74, 6) is 1.01. The van der Waals surface area contributed by atoms with Crippen molar-refractivity contribution in [1.29, 1.82) is 0 Å². The maximum absolute atomic E-state index is 3.81. The van der Waals surface area contributed by atoms with Crippen molar-refractivity contribution in [2.75, 3.05) is 20.1 Å². The molecule has 0 bridgehead atoms. The number of nitrogens with one attached hydrogen (secondary N) is 1. The Morgan fingerprint density at radius 2 is 2.13 bits per heavy atom. The van der Waals surface area contributed by atoms with Crippen molar-refractivity contribution in [1.82, 2.24) is 10.2 Å². The van der Waals surface area contributed by atoms with E-state index >= 15 is 0 Å². The first kappa shape index (κ1) is 11.4. The van der Waals surface area contributed by atoms with Gasteiger partial charge in [0.2, 0.25) is 0 Å². The van der Waals surface area contributed by atoms with Crippen LogP contribution in [0.4, 0.5) is 0 Å². The lowest BCUT2D eigenvalue weighted by Crippen LogP contribution is -2.41. The van der Waals surface area contributed by atoms with Gasteiger partial charge in [-0.2, -0.15) is 0 Å². The molecule has 2 aliphatic rings. The number of likely N-dealkylation sites (tertiary alicyclic amines) is 1. The van der Waals surface area contributed by atoms with E-state index in [1.807, 2.05) is 0 Å². The number of hydrogen-bond acceptors (Lipinski definition) is 2. The Morgan fingerprint density at radius 3 is 2.67 bits per heavy atom. The van der Waals surface area contributed by atoms with Crippen LogP contribution in [-0.4, -0.2) is 37.1 Å². The zero-order chi connectivity index (χ0) is 10.7. The molecule has 1 heterocycles. The summed E-state index contributed by atoms with van der Waals surface area (Å²) in [6.07, 6.45) is 8.43. The summed E-state index contributed by atoms with van der Waals surface area (Å²) in [7, 11) is 2.27. The van der Waals surface area contributed by atoms with Crippen LogP contribution in [0.25, 0.3) is 0 Å². The zero-order valence-electron chi connectivity index (χ0n) is 10.3. The van der Waals surface area contributed by atoms with E-state index in [-0.39, 0.29) is 0 Å². The van der Waals surface area contributed by atoms with Gasteiger partial charge >= 0.3 is 0 Å². The molecule has 88 valence electrons. The summed E-state index contributed by atoms with van der Waals surface area (Å²) in [5.41, 5.74) is 0. The molecule has 0 spiro atoms. The Hall–Kier alpha value is -0.0800. The Bertz CT molecular complexity index is 189. The van der Waals surface area contributed by atoms with Crippen LogP contribution in [0.15, 0.2) is 0 Å². The van der Waals surface area contributed by atoms with Crippen LogP contribution in [0.1, 0.15) is 45.4 Å². The third-order valence-electron chi connectivity index (χ3n) is 4.08. The van der Waals surface area contributed by atoms with Gasteiger partial charge in [-0.3, -0.25) is 0 Å². The number of rotatable bonds is 6. The van der Waals surface area contributed by atoms with E-state index in [0.717, 1.165) is 18.0 Å². The van der Waals surface area contributed by atoms with Gasteiger partial charge in [0.15, 0.2) is 0 Å². The standard InChI is InChI=1S/C13H26N2/c1-3-5-13(11-7-8-11)14-10-12-6-4-9-15(12)2/h11-14H,3-10H2,1-2H3. The Labute approximate surface area is 94.4 Å². The molecule has 2 unspecified atom stereocenters. The highest BCUT2D eigenvalue weighted by molar-refractivity contribution is 4.88. The van der Waals surface area contributed by atoms with Gasteiger partial charge < -0.3 is 10.2 Å². The predicted octanol–water partition coefficient (Wildman–Crippen LogP) is 2.25. The van der Waals surface area contributed by atoms with Gasteiger partial charge in [-0.05, 0) is 51.6 Å². The summed E-state index contributed by atoms with van der Waals surface area (Å²) < 4.78 is 0. The first-order chi connectivity index (χ1) is 7.31. The Morgan fingerprint density at radius 1 is 1.33 bits per heavy atom. The van der Waals surface area contributed by atoms with Gasteiger partial charge in [-0.15, -0.1) is 0 Å². The molecule has 1 N–H and O–H groups in total. The van der Waals surface area contributed by atoms with E-state index < -0.39 is 0 Å². The average Bonchev–Trinajstić information content (AvgIpc) is 2.98. The quantitative estimate of drug-likeness (QED) is 0.723. The smallest absolute Gasteiger partial charge is 0.0218 e. The van der Waals surface area contributed by atoms with Crippen LogP contribution >= 0.6 is 0 Å². The van der Waals surface area contributed by atoms with Crippen molar-refractivity contribution in [3.63, 3.8) is 0 Å². The number of hydrogen-bond donors (Lipinski definition) is 1. The molecular formula is C13H26N2. The van der Waals surface area contributed by atoms with Crippen molar-refractivity contribution >= 4 is 0 Å². The third kappa shape index (κ3) is 3.18. The largest absolute Gasteiger partial charge is 0.312 e. The predicted molar refractivity (Wildman–Crippen MR) is 65.1 cm³/mol. The molecule has 1 saturated carbocycles. The molecule has 0 aromatic heterocycles. The van der Waals surface area contributed by atoms with Crippen molar-refractivity contribution in [2.45, 2.75) is 57.5 Å². The Kier molecular flexibility index (Phi) is 4.04. The van der Waals surface area contributed by atoms with Gasteiger partial charge in [-0.25, -0.2) is 0 Å². The summed E-state index contributed by atoms with van der Waals surface area (Å²) in [6, 6.07) is 1.63. The fraction of sp³-hybridized carbons (Fsp3) is 1.00. The van der Waals surface area contributed by atoms with E-state index in [1.165, 1.54) is 51.6 Å². The normalized spacial score (nSPS) is 29.6. The van der Waals surface area contributed by atoms with Crippen LogP contribution in [0.2, 0.25) is 0 Å². The second kappa shape index (κ2) is 5.31. The highest BCUT2D eigenvalue weighted by Crippen LogP contribution is 2.34. The molecule has 1 aliphatic heterocycles. The molecule has 0 aromatic rings. The minimum Gasteiger partial charge on any atom is -0.312 e. The van der Waals surface area contributed by atoms with Gasteiger partial charge in [0.05, 0.1) is 0 Å². The molecule has 0 radical (unpaired) electrons. The molecule has 2 fully saturated rings. The van der Waals surface area contributed by atoms with E-state index in [0.29, 0.717) is 0 Å². The van der Waals surface area contributed by atoms with Gasteiger partial charge in [0, 0.05) is 18.6 Å². The SMILES string of the molecule is CCCC(NCC1CCCN1C)C1CC1. The fourth-order valence-corrected chi connectivity index (χ4v) is 2.84. The van der Waals surface area contributed by atoms with Gasteiger partial charge in [-0.1, -0.05) is 13.3 Å². The van der Waals surface area contributed by atoms with Crippen molar-refractivity contribution in [3.8, 4) is 0 Å². The third-order valence-corrected chi connectivity index (χ3v) is 4.08. The number of nitrogens with zero attached hydrogens (tertiary/aromatic N) is 1. The van der Waals surface area contributed by atoms with Crippen LogP contribution in [0, 0.1) is 5.92 Å². The zero-order valence-corrected chi connectivity index (χ0v) is 10.3. The van der Waals surface area contributed by atoms with E-state index in [2.05, 4.69) is 24.2 Å². The highest BCUT2D eigenvalue weighted by Gasteiger charge is 2.31. The van der Waals surface area contributed by atoms with Crippen LogP contribution in [0.5, 0.6) is 0 Å². The summed E-state index contributed by atoms with van der Waals surface area (Å²) >= 11 is 0. The van der Waals surface area contributed by atoms with Crippen LogP contribution in [0.3, 0.4) is 0 Å². The van der Waals surface area contributed by atoms with Gasteiger partial charge in [0.1, 0.15) is 0 Å². The molecule has 2 atom stereocenters. The average molecular weight is 210 g/mol. The van der Waals surface area contributed by atoms with E-state index in [1.54, 1.807) is 0 Å². The molecule has 2 rings (SSSR count). The maximum Gasteiger partial charge on any atom is 0.0218 e. The van der Waals surface area contributed by atoms with Crippen molar-refractivity contribution in [2.24, 2.45) is 5.92 Å². The monoisotopic (exact) mass is 210 g/mol.